The summed E-state index contributed by atoms with van der Waals surface area (Å²) < 4.78 is 11.4. The molecule has 0 aliphatic heterocycles. The third kappa shape index (κ3) is 3.75. The molecule has 0 radical (unpaired) electrons. The average molecular weight is 323 g/mol. The molecule has 0 fully saturated rings. The lowest BCUT2D eigenvalue weighted by Crippen LogP contribution is -2.04. The van der Waals surface area contributed by atoms with E-state index in [0.29, 0.717) is 29.9 Å². The van der Waals surface area contributed by atoms with Gasteiger partial charge in [0.15, 0.2) is 0 Å². The van der Waals surface area contributed by atoms with Gasteiger partial charge in [-0.25, -0.2) is 4.98 Å². The van der Waals surface area contributed by atoms with E-state index in [1.165, 1.54) is 0 Å². The summed E-state index contributed by atoms with van der Waals surface area (Å²) in [5.74, 6) is 0.808. The lowest BCUT2D eigenvalue weighted by atomic mass is 10.0. The zero-order valence-electron chi connectivity index (χ0n) is 14.1. The predicted molar refractivity (Wildman–Crippen MR) is 92.0 cm³/mol. The molecule has 0 N–H and O–H groups in total. The van der Waals surface area contributed by atoms with Crippen molar-refractivity contribution in [2.45, 2.75) is 39.5 Å². The lowest BCUT2D eigenvalue weighted by molar-refractivity contribution is 0.297. The minimum Gasteiger partial charge on any atom is -0.493 e. The summed E-state index contributed by atoms with van der Waals surface area (Å²) in [6, 6.07) is 9.63. The van der Waals surface area contributed by atoms with Crippen molar-refractivity contribution >= 4 is 10.9 Å². The Hall–Kier alpha value is -2.79. The molecule has 0 unspecified atom stereocenters. The van der Waals surface area contributed by atoms with Gasteiger partial charge in [0, 0.05) is 0 Å². The lowest BCUT2D eigenvalue weighted by Gasteiger charge is -2.13. The number of nitrogens with zero attached hydrogens (tertiary/aromatic N) is 3. The molecular weight excluding hydrogens is 302 g/mol. The Morgan fingerprint density at radius 1 is 0.958 bits per heavy atom. The summed E-state index contributed by atoms with van der Waals surface area (Å²) in [5, 5.41) is 19.7. The highest BCUT2D eigenvalue weighted by molar-refractivity contribution is 5.93. The summed E-state index contributed by atoms with van der Waals surface area (Å²) in [6.45, 7) is 5.18. The minimum atomic E-state index is 0.174. The van der Waals surface area contributed by atoms with Crippen LogP contribution in [0.5, 0.6) is 11.6 Å². The highest BCUT2D eigenvalue weighted by Crippen LogP contribution is 2.33. The van der Waals surface area contributed by atoms with Crippen molar-refractivity contribution in [2.75, 3.05) is 13.2 Å². The van der Waals surface area contributed by atoms with E-state index in [1.54, 1.807) is 12.1 Å². The second kappa shape index (κ2) is 8.74. The molecule has 1 heterocycles. The summed E-state index contributed by atoms with van der Waals surface area (Å²) >= 11 is 0. The topological polar surface area (TPSA) is 78.9 Å². The van der Waals surface area contributed by atoms with Gasteiger partial charge in [-0.2, -0.15) is 10.5 Å². The van der Waals surface area contributed by atoms with Crippen LogP contribution in [0.1, 0.15) is 50.7 Å². The van der Waals surface area contributed by atoms with Crippen LogP contribution in [0.2, 0.25) is 0 Å². The second-order valence-corrected chi connectivity index (χ2v) is 5.44. The number of unbranched alkanes of at least 4 members (excludes halogenated alkanes) is 2. The third-order valence-corrected chi connectivity index (χ3v) is 3.66. The van der Waals surface area contributed by atoms with E-state index in [1.807, 2.05) is 6.07 Å². The number of pyridine rings is 1. The van der Waals surface area contributed by atoms with Gasteiger partial charge in [-0.1, -0.05) is 32.8 Å². The molecule has 2 rings (SSSR count). The standard InChI is InChI=1S/C19H21N3O2/c1-3-5-10-23-17-9-7-8-16-18(17)14(12-20)15(13-21)19(22-16)24-11-6-4-2/h7-9H,3-6,10-11H2,1-2H3. The van der Waals surface area contributed by atoms with Gasteiger partial charge in [0.1, 0.15) is 23.5 Å². The molecular formula is C19H21N3O2. The number of fused-ring (bicyclic) bond motifs is 1. The van der Waals surface area contributed by atoms with E-state index in [0.717, 1.165) is 25.7 Å². The first kappa shape index (κ1) is 17.6. The van der Waals surface area contributed by atoms with Crippen LogP contribution in [-0.2, 0) is 0 Å². The Bertz CT molecular complexity index is 788. The number of hydrogen-bond acceptors (Lipinski definition) is 5. The number of rotatable bonds is 8. The van der Waals surface area contributed by atoms with Crippen LogP contribution < -0.4 is 9.47 Å². The smallest absolute Gasteiger partial charge is 0.233 e. The van der Waals surface area contributed by atoms with E-state index in [-0.39, 0.29) is 17.0 Å². The van der Waals surface area contributed by atoms with Crippen molar-refractivity contribution in [3.8, 4) is 23.8 Å². The van der Waals surface area contributed by atoms with Gasteiger partial charge in [0.2, 0.25) is 5.88 Å². The van der Waals surface area contributed by atoms with Crippen molar-refractivity contribution in [3.05, 3.63) is 29.3 Å². The molecule has 0 amide bonds. The molecule has 5 heteroatoms. The maximum Gasteiger partial charge on any atom is 0.233 e. The van der Waals surface area contributed by atoms with Gasteiger partial charge in [-0.05, 0) is 25.0 Å². The summed E-state index contributed by atoms with van der Waals surface area (Å²) in [5.41, 5.74) is 1.04. The second-order valence-electron chi connectivity index (χ2n) is 5.44. The Morgan fingerprint density at radius 3 is 2.25 bits per heavy atom. The number of aromatic nitrogens is 1. The van der Waals surface area contributed by atoms with Gasteiger partial charge in [-0.3, -0.25) is 0 Å². The number of nitriles is 2. The predicted octanol–water partition coefficient (Wildman–Crippen LogP) is 4.34. The van der Waals surface area contributed by atoms with Crippen LogP contribution in [-0.4, -0.2) is 18.2 Å². The molecule has 0 aliphatic rings. The number of hydrogen-bond donors (Lipinski definition) is 0. The summed E-state index contributed by atoms with van der Waals surface area (Å²) in [4.78, 5) is 4.44. The van der Waals surface area contributed by atoms with E-state index in [4.69, 9.17) is 9.47 Å². The van der Waals surface area contributed by atoms with E-state index < -0.39 is 0 Å². The molecule has 1 aromatic carbocycles. The highest BCUT2D eigenvalue weighted by Gasteiger charge is 2.19. The van der Waals surface area contributed by atoms with Gasteiger partial charge in [0.25, 0.3) is 0 Å². The maximum absolute atomic E-state index is 9.60. The monoisotopic (exact) mass is 323 g/mol. The fourth-order valence-electron chi connectivity index (χ4n) is 2.34. The van der Waals surface area contributed by atoms with E-state index in [2.05, 4.69) is 31.0 Å². The SMILES string of the molecule is CCCCOc1nc2cccc(OCCCC)c2c(C#N)c1C#N. The Kier molecular flexibility index (Phi) is 6.40. The first-order chi connectivity index (χ1) is 11.8. The highest BCUT2D eigenvalue weighted by atomic mass is 16.5. The van der Waals surface area contributed by atoms with Crippen molar-refractivity contribution in [3.63, 3.8) is 0 Å². The zero-order valence-corrected chi connectivity index (χ0v) is 14.1. The van der Waals surface area contributed by atoms with Crippen LogP contribution in [0.3, 0.4) is 0 Å². The van der Waals surface area contributed by atoms with Gasteiger partial charge < -0.3 is 9.47 Å². The largest absolute Gasteiger partial charge is 0.493 e. The first-order valence-electron chi connectivity index (χ1n) is 8.29. The van der Waals surface area contributed by atoms with Crippen molar-refractivity contribution in [1.82, 2.24) is 4.98 Å². The molecule has 0 saturated carbocycles. The fourth-order valence-corrected chi connectivity index (χ4v) is 2.34. The first-order valence-corrected chi connectivity index (χ1v) is 8.29. The molecule has 0 atom stereocenters. The van der Waals surface area contributed by atoms with Crippen LogP contribution in [0.15, 0.2) is 18.2 Å². The third-order valence-electron chi connectivity index (χ3n) is 3.66. The Morgan fingerprint density at radius 2 is 1.62 bits per heavy atom. The van der Waals surface area contributed by atoms with Crippen LogP contribution in [0, 0.1) is 22.7 Å². The molecule has 2 aromatic rings. The van der Waals surface area contributed by atoms with Crippen molar-refractivity contribution in [1.29, 1.82) is 10.5 Å². The zero-order chi connectivity index (χ0) is 17.4. The number of benzene rings is 1. The minimum absolute atomic E-state index is 0.174. The molecule has 0 aliphatic carbocycles. The van der Waals surface area contributed by atoms with E-state index in [9.17, 15) is 10.5 Å². The van der Waals surface area contributed by atoms with Crippen molar-refractivity contribution < 1.29 is 9.47 Å². The van der Waals surface area contributed by atoms with Crippen LogP contribution in [0.25, 0.3) is 10.9 Å². The molecule has 0 bridgehead atoms. The molecule has 0 saturated heterocycles. The summed E-state index contributed by atoms with van der Waals surface area (Å²) in [6.07, 6.45) is 3.80. The number of ether oxygens (including phenoxy) is 2. The fraction of sp³-hybridized carbons (Fsp3) is 0.421. The Balaban J connectivity index is 2.54. The quantitative estimate of drug-likeness (QED) is 0.675. The Labute approximate surface area is 142 Å². The van der Waals surface area contributed by atoms with Gasteiger partial charge >= 0.3 is 0 Å². The van der Waals surface area contributed by atoms with E-state index >= 15 is 0 Å². The molecule has 24 heavy (non-hydrogen) atoms. The molecule has 124 valence electrons. The van der Waals surface area contributed by atoms with Gasteiger partial charge in [-0.15, -0.1) is 0 Å². The summed E-state index contributed by atoms with van der Waals surface area (Å²) in [7, 11) is 0. The normalized spacial score (nSPS) is 10.2. The average Bonchev–Trinajstić information content (AvgIpc) is 2.61. The molecule has 0 spiro atoms. The van der Waals surface area contributed by atoms with Crippen LogP contribution in [0.4, 0.5) is 0 Å². The maximum atomic E-state index is 9.60. The van der Waals surface area contributed by atoms with Gasteiger partial charge in [0.05, 0.1) is 29.7 Å². The van der Waals surface area contributed by atoms with Crippen molar-refractivity contribution in [2.24, 2.45) is 0 Å². The van der Waals surface area contributed by atoms with Crippen LogP contribution >= 0.6 is 0 Å². The molecule has 5 nitrogen and oxygen atoms in total. The molecule has 1 aromatic heterocycles.